The van der Waals surface area contributed by atoms with Crippen molar-refractivity contribution in [1.82, 2.24) is 4.98 Å². The summed E-state index contributed by atoms with van der Waals surface area (Å²) in [4.78, 5) is 14.6. The van der Waals surface area contributed by atoms with Crippen LogP contribution in [-0.4, -0.2) is 27.2 Å². The number of hydrogen-bond donors (Lipinski definition) is 2. The third-order valence-electron chi connectivity index (χ3n) is 6.74. The number of aromatic nitrogens is 1. The summed E-state index contributed by atoms with van der Waals surface area (Å²) in [6.07, 6.45) is 6.90. The van der Waals surface area contributed by atoms with Gasteiger partial charge in [0.15, 0.2) is 0 Å². The summed E-state index contributed by atoms with van der Waals surface area (Å²) in [5, 5.41) is 11.4. The molecule has 3 aromatic rings. The lowest BCUT2D eigenvalue weighted by molar-refractivity contribution is -0.0361. The first-order valence-corrected chi connectivity index (χ1v) is 12.7. The average molecular weight is 481 g/mol. The predicted octanol–water partition coefficient (Wildman–Crippen LogP) is 6.93. The molecular formula is C31H36N4O. The van der Waals surface area contributed by atoms with Gasteiger partial charge < -0.3 is 10.8 Å². The van der Waals surface area contributed by atoms with Crippen LogP contribution in [-0.2, 0) is 0 Å². The number of fused-ring (bicyclic) bond motifs is 1. The summed E-state index contributed by atoms with van der Waals surface area (Å²) in [5.74, 6) is 0.717. The van der Waals surface area contributed by atoms with Gasteiger partial charge in [-0.3, -0.25) is 4.99 Å². The number of pyridine rings is 1. The summed E-state index contributed by atoms with van der Waals surface area (Å²) in [6, 6.07) is 20.6. The third kappa shape index (κ3) is 5.80. The molecular weight excluding hydrogens is 444 g/mol. The average Bonchev–Trinajstić information content (AvgIpc) is 2.87. The maximum Gasteiger partial charge on any atom is 0.128 e. The van der Waals surface area contributed by atoms with Crippen molar-refractivity contribution in [3.05, 3.63) is 84.1 Å². The molecule has 0 saturated heterocycles. The molecule has 36 heavy (non-hydrogen) atoms. The van der Waals surface area contributed by atoms with Gasteiger partial charge in [-0.1, -0.05) is 68.0 Å². The van der Waals surface area contributed by atoms with Gasteiger partial charge >= 0.3 is 0 Å². The van der Waals surface area contributed by atoms with Crippen LogP contribution in [0.3, 0.4) is 0 Å². The summed E-state index contributed by atoms with van der Waals surface area (Å²) < 4.78 is 0. The number of nitrogens with zero attached hydrogens (tertiary/aromatic N) is 3. The first-order chi connectivity index (χ1) is 17.3. The van der Waals surface area contributed by atoms with Gasteiger partial charge in [-0.05, 0) is 52.2 Å². The molecule has 0 amide bonds. The molecule has 4 rings (SSSR count). The fourth-order valence-corrected chi connectivity index (χ4v) is 4.76. The maximum absolute atomic E-state index is 10.4. The number of amidine groups is 1. The van der Waals surface area contributed by atoms with E-state index < -0.39 is 5.60 Å². The highest BCUT2D eigenvalue weighted by atomic mass is 16.3. The fourth-order valence-electron chi connectivity index (χ4n) is 4.76. The first kappa shape index (κ1) is 25.5. The van der Waals surface area contributed by atoms with Gasteiger partial charge in [0.2, 0.25) is 0 Å². The second kappa shape index (κ2) is 11.0. The lowest BCUT2D eigenvalue weighted by atomic mass is 9.69. The van der Waals surface area contributed by atoms with Gasteiger partial charge in [0.1, 0.15) is 5.84 Å². The topological polar surface area (TPSA) is 83.9 Å². The molecule has 1 aliphatic rings. The van der Waals surface area contributed by atoms with E-state index >= 15 is 0 Å². The normalized spacial score (nSPS) is 21.5. The van der Waals surface area contributed by atoms with Crippen molar-refractivity contribution in [2.45, 2.75) is 59.0 Å². The molecule has 0 spiro atoms. The Morgan fingerprint density at radius 2 is 1.86 bits per heavy atom. The smallest absolute Gasteiger partial charge is 0.128 e. The zero-order valence-corrected chi connectivity index (χ0v) is 21.7. The van der Waals surface area contributed by atoms with Crippen LogP contribution in [0, 0.1) is 5.92 Å². The Bertz CT molecular complexity index is 1340. The molecule has 0 aliphatic heterocycles. The van der Waals surface area contributed by atoms with Crippen LogP contribution in [0.25, 0.3) is 27.9 Å². The summed E-state index contributed by atoms with van der Waals surface area (Å²) in [6.45, 7) is 7.95. The molecule has 0 atom stereocenters. The lowest BCUT2D eigenvalue weighted by Gasteiger charge is -2.41. The molecule has 1 aromatic heterocycles. The molecule has 5 nitrogen and oxygen atoms in total. The molecule has 1 heterocycles. The highest BCUT2D eigenvalue weighted by Crippen LogP contribution is 2.40. The Hall–Kier alpha value is -3.57. The molecule has 1 saturated carbocycles. The number of nitrogens with two attached hydrogens (primary N) is 1. The fraction of sp³-hybridized carbons (Fsp3) is 0.323. The Balaban J connectivity index is 1.84. The standard InChI is InChI=1S/C31H36N4O/c1-5-10-26(25-19-31(4,36)20-25)35-29(21(3)30(32)33-17-6-2)24-14-13-23-15-16-27(34-28(23)18-24)22-11-8-7-9-12-22/h6-9,11-18,25,36H,5,10,19-20H2,1-4H3,(H2,32,33)/b17-6-,29-21+,35-26?. The van der Waals surface area contributed by atoms with Crippen LogP contribution < -0.4 is 5.73 Å². The molecule has 0 unspecified atom stereocenters. The summed E-state index contributed by atoms with van der Waals surface area (Å²) >= 11 is 0. The Labute approximate surface area is 214 Å². The lowest BCUT2D eigenvalue weighted by Crippen LogP contribution is -2.44. The van der Waals surface area contributed by atoms with Gasteiger partial charge in [0, 0.05) is 39.9 Å². The molecule has 0 radical (unpaired) electrons. The largest absolute Gasteiger partial charge is 0.390 e. The van der Waals surface area contributed by atoms with Crippen LogP contribution in [0.1, 0.15) is 58.9 Å². The van der Waals surface area contributed by atoms with Crippen molar-refractivity contribution in [2.75, 3.05) is 0 Å². The number of allylic oxidation sites excluding steroid dienone is 1. The van der Waals surface area contributed by atoms with Crippen LogP contribution in [0.5, 0.6) is 0 Å². The van der Waals surface area contributed by atoms with Gasteiger partial charge in [0.05, 0.1) is 22.5 Å². The molecule has 0 bridgehead atoms. The third-order valence-corrected chi connectivity index (χ3v) is 6.74. The van der Waals surface area contributed by atoms with E-state index in [1.807, 2.05) is 45.0 Å². The van der Waals surface area contributed by atoms with Crippen LogP contribution in [0.4, 0.5) is 0 Å². The van der Waals surface area contributed by atoms with E-state index in [1.54, 1.807) is 6.20 Å². The quantitative estimate of drug-likeness (QED) is 0.271. The molecule has 5 heteroatoms. The minimum absolute atomic E-state index is 0.278. The van der Waals surface area contributed by atoms with E-state index in [-0.39, 0.29) is 5.92 Å². The molecule has 3 N–H and O–H groups in total. The number of aliphatic hydroxyl groups is 1. The SMILES string of the molecule is C\C=C/N=C(N)/C(C)=C(/N=C(CCC)C1CC(C)(O)C1)c1ccc2ccc(-c3ccccc3)nc2c1. The Kier molecular flexibility index (Phi) is 7.80. The van der Waals surface area contributed by atoms with E-state index in [0.717, 1.165) is 70.4 Å². The molecule has 1 aliphatic carbocycles. The van der Waals surface area contributed by atoms with Crippen LogP contribution in [0.2, 0.25) is 0 Å². The van der Waals surface area contributed by atoms with Crippen LogP contribution in [0.15, 0.2) is 88.5 Å². The predicted molar refractivity (Wildman–Crippen MR) is 152 cm³/mol. The van der Waals surface area contributed by atoms with E-state index in [0.29, 0.717) is 5.84 Å². The molecule has 1 fully saturated rings. The van der Waals surface area contributed by atoms with E-state index in [1.165, 1.54) is 0 Å². The summed E-state index contributed by atoms with van der Waals surface area (Å²) in [5.41, 5.74) is 12.4. The van der Waals surface area contributed by atoms with Crippen molar-refractivity contribution >= 4 is 28.1 Å². The van der Waals surface area contributed by atoms with Crippen molar-refractivity contribution in [3.8, 4) is 11.3 Å². The first-order valence-electron chi connectivity index (χ1n) is 12.7. The highest BCUT2D eigenvalue weighted by molar-refractivity contribution is 6.06. The Morgan fingerprint density at radius 3 is 2.53 bits per heavy atom. The van der Waals surface area contributed by atoms with Crippen molar-refractivity contribution < 1.29 is 5.11 Å². The second-order valence-electron chi connectivity index (χ2n) is 9.90. The molecule has 2 aromatic carbocycles. The van der Waals surface area contributed by atoms with Crippen LogP contribution >= 0.6 is 0 Å². The van der Waals surface area contributed by atoms with Gasteiger partial charge in [-0.2, -0.15) is 0 Å². The minimum Gasteiger partial charge on any atom is -0.390 e. The number of rotatable bonds is 8. The number of benzene rings is 2. The monoisotopic (exact) mass is 480 g/mol. The maximum atomic E-state index is 10.4. The molecule has 186 valence electrons. The number of aliphatic imine (C=N–C) groups is 2. The van der Waals surface area contributed by atoms with E-state index in [9.17, 15) is 5.11 Å². The summed E-state index contributed by atoms with van der Waals surface area (Å²) in [7, 11) is 0. The van der Waals surface area contributed by atoms with Gasteiger partial charge in [-0.15, -0.1) is 0 Å². The van der Waals surface area contributed by atoms with Gasteiger partial charge in [0.25, 0.3) is 0 Å². The number of hydrogen-bond acceptors (Lipinski definition) is 4. The van der Waals surface area contributed by atoms with E-state index in [2.05, 4.69) is 54.4 Å². The van der Waals surface area contributed by atoms with Crippen molar-refractivity contribution in [3.63, 3.8) is 0 Å². The zero-order valence-electron chi connectivity index (χ0n) is 21.7. The van der Waals surface area contributed by atoms with Crippen molar-refractivity contribution in [1.29, 1.82) is 0 Å². The Morgan fingerprint density at radius 1 is 1.14 bits per heavy atom. The second-order valence-corrected chi connectivity index (χ2v) is 9.90. The van der Waals surface area contributed by atoms with E-state index in [4.69, 9.17) is 15.7 Å². The van der Waals surface area contributed by atoms with Crippen molar-refractivity contribution in [2.24, 2.45) is 21.6 Å². The van der Waals surface area contributed by atoms with Gasteiger partial charge in [-0.25, -0.2) is 9.98 Å². The minimum atomic E-state index is -0.606. The highest BCUT2D eigenvalue weighted by Gasteiger charge is 2.40. The zero-order chi connectivity index (χ0) is 25.7.